The van der Waals surface area contributed by atoms with E-state index in [1.807, 2.05) is 13.8 Å². The number of ether oxygens (including phenoxy) is 1. The van der Waals surface area contributed by atoms with Crippen LogP contribution in [0.25, 0.3) is 0 Å². The maximum Gasteiger partial charge on any atom is 0.310 e. The van der Waals surface area contributed by atoms with Gasteiger partial charge in [0.1, 0.15) is 6.10 Å². The summed E-state index contributed by atoms with van der Waals surface area (Å²) in [6.07, 6.45) is 7.66. The number of aliphatic hydroxyl groups is 2. The highest BCUT2D eigenvalue weighted by Crippen LogP contribution is 2.76. The van der Waals surface area contributed by atoms with Crippen LogP contribution in [0.1, 0.15) is 107 Å². The molecule has 3 N–H and O–H groups in total. The Kier molecular flexibility index (Phi) is 6.16. The van der Waals surface area contributed by atoms with E-state index in [1.54, 1.807) is 0 Å². The highest BCUT2D eigenvalue weighted by molar-refractivity contribution is 5.76. The number of hydrogen-bond acceptors (Lipinski definition) is 5. The first-order chi connectivity index (χ1) is 17.4. The van der Waals surface area contributed by atoms with Gasteiger partial charge >= 0.3 is 11.9 Å². The molecule has 38 heavy (non-hydrogen) atoms. The van der Waals surface area contributed by atoms with E-state index in [0.717, 1.165) is 44.9 Å². The van der Waals surface area contributed by atoms with Gasteiger partial charge in [-0.15, -0.1) is 0 Å². The molecule has 6 nitrogen and oxygen atoms in total. The highest BCUT2D eigenvalue weighted by Gasteiger charge is 2.73. The topological polar surface area (TPSA) is 104 Å². The molecule has 4 saturated carbocycles. The van der Waals surface area contributed by atoms with Crippen LogP contribution in [-0.4, -0.2) is 39.1 Å². The molecule has 214 valence electrons. The van der Waals surface area contributed by atoms with Crippen molar-refractivity contribution in [3.63, 3.8) is 0 Å². The fraction of sp³-hybridized carbons (Fsp3) is 0.875. The van der Waals surface area contributed by atoms with Crippen molar-refractivity contribution < 1.29 is 29.6 Å². The zero-order valence-corrected chi connectivity index (χ0v) is 24.8. The van der Waals surface area contributed by atoms with Crippen LogP contribution in [0.5, 0.6) is 0 Å². The summed E-state index contributed by atoms with van der Waals surface area (Å²) in [5.74, 6) is -1.89. The number of rotatable bonds is 2. The minimum Gasteiger partial charge on any atom is -0.481 e. The van der Waals surface area contributed by atoms with Gasteiger partial charge in [-0.25, -0.2) is 0 Å². The summed E-state index contributed by atoms with van der Waals surface area (Å²) in [5, 5.41) is 33.6. The molecular weight excluding hydrogens is 480 g/mol. The fourth-order valence-corrected chi connectivity index (χ4v) is 11.3. The van der Waals surface area contributed by atoms with Crippen LogP contribution in [0, 0.1) is 56.7 Å². The van der Waals surface area contributed by atoms with Crippen molar-refractivity contribution in [1.29, 1.82) is 0 Å². The van der Waals surface area contributed by atoms with Crippen molar-refractivity contribution in [2.24, 2.45) is 56.7 Å². The van der Waals surface area contributed by atoms with Gasteiger partial charge in [0.25, 0.3) is 0 Å². The lowest BCUT2D eigenvalue weighted by atomic mass is 9.33. The second kappa shape index (κ2) is 8.31. The van der Waals surface area contributed by atoms with Gasteiger partial charge in [0.05, 0.1) is 5.41 Å². The molecule has 5 rings (SSSR count). The molecule has 0 aromatic heterocycles. The number of aliphatic carboxylic acids is 1. The molecular formula is C32H50O6. The number of carboxylic acid groups (broad SMARTS) is 1. The third kappa shape index (κ3) is 3.19. The van der Waals surface area contributed by atoms with Crippen molar-refractivity contribution >= 4 is 11.9 Å². The molecule has 2 unspecified atom stereocenters. The Morgan fingerprint density at radius 3 is 2.24 bits per heavy atom. The van der Waals surface area contributed by atoms with Crippen LogP contribution in [0.4, 0.5) is 0 Å². The van der Waals surface area contributed by atoms with E-state index >= 15 is 0 Å². The third-order valence-corrected chi connectivity index (χ3v) is 13.9. The van der Waals surface area contributed by atoms with Crippen LogP contribution in [0.15, 0.2) is 11.6 Å². The normalized spacial score (nSPS) is 53.4. The molecule has 5 aliphatic rings. The summed E-state index contributed by atoms with van der Waals surface area (Å²) in [6, 6.07) is 0. The highest BCUT2D eigenvalue weighted by atomic mass is 16.7. The summed E-state index contributed by atoms with van der Waals surface area (Å²) >= 11 is 0. The summed E-state index contributed by atoms with van der Waals surface area (Å²) < 4.78 is 5.48. The van der Waals surface area contributed by atoms with Gasteiger partial charge in [0, 0.05) is 12.3 Å². The number of aliphatic hydroxyl groups excluding tert-OH is 1. The monoisotopic (exact) mass is 530 g/mol. The molecule has 5 aliphatic carbocycles. The van der Waals surface area contributed by atoms with E-state index in [4.69, 9.17) is 4.74 Å². The zero-order valence-electron chi connectivity index (χ0n) is 24.8. The first kappa shape index (κ1) is 28.1. The molecule has 6 heteroatoms. The first-order valence-electron chi connectivity index (χ1n) is 15.0. The molecule has 0 heterocycles. The lowest BCUT2D eigenvalue weighted by Crippen LogP contribution is -2.71. The van der Waals surface area contributed by atoms with E-state index in [-0.39, 0.29) is 34.0 Å². The molecule has 0 bridgehead atoms. The van der Waals surface area contributed by atoms with Gasteiger partial charge in [-0.2, -0.15) is 0 Å². The predicted molar refractivity (Wildman–Crippen MR) is 145 cm³/mol. The molecule has 0 radical (unpaired) electrons. The van der Waals surface area contributed by atoms with Crippen molar-refractivity contribution in [2.75, 3.05) is 0 Å². The van der Waals surface area contributed by atoms with Crippen LogP contribution in [-0.2, 0) is 14.3 Å². The fourth-order valence-electron chi connectivity index (χ4n) is 11.3. The van der Waals surface area contributed by atoms with Crippen LogP contribution < -0.4 is 0 Å². The van der Waals surface area contributed by atoms with Crippen LogP contribution >= 0.6 is 0 Å². The second-order valence-corrected chi connectivity index (χ2v) is 15.3. The quantitative estimate of drug-likeness (QED) is 0.231. The molecule has 0 aliphatic heterocycles. The number of carbonyl (C=O) groups excluding carboxylic acids is 1. The number of hydrogen-bond donors (Lipinski definition) is 3. The molecule has 0 saturated heterocycles. The summed E-state index contributed by atoms with van der Waals surface area (Å²) in [4.78, 5) is 24.8. The molecule has 0 spiro atoms. The van der Waals surface area contributed by atoms with E-state index in [1.165, 1.54) is 12.5 Å². The van der Waals surface area contributed by atoms with Crippen molar-refractivity contribution in [2.45, 2.75) is 119 Å². The minimum atomic E-state index is -1.92. The van der Waals surface area contributed by atoms with Crippen molar-refractivity contribution in [3.8, 4) is 0 Å². The smallest absolute Gasteiger partial charge is 0.310 e. The number of esters is 1. The maximum atomic E-state index is 12.9. The van der Waals surface area contributed by atoms with Crippen molar-refractivity contribution in [3.05, 3.63) is 11.6 Å². The van der Waals surface area contributed by atoms with Gasteiger partial charge in [-0.1, -0.05) is 60.1 Å². The molecule has 0 aromatic carbocycles. The Balaban J connectivity index is 1.60. The van der Waals surface area contributed by atoms with Gasteiger partial charge in [0.15, 0.2) is 0 Å². The van der Waals surface area contributed by atoms with Gasteiger partial charge in [-0.3, -0.25) is 9.59 Å². The Bertz CT molecular complexity index is 1060. The zero-order chi connectivity index (χ0) is 28.3. The lowest BCUT2D eigenvalue weighted by molar-refractivity contribution is -0.353. The third-order valence-electron chi connectivity index (χ3n) is 13.9. The maximum absolute atomic E-state index is 12.9. The summed E-state index contributed by atoms with van der Waals surface area (Å²) in [6.45, 7) is 16.9. The van der Waals surface area contributed by atoms with Crippen molar-refractivity contribution in [1.82, 2.24) is 0 Å². The van der Waals surface area contributed by atoms with Crippen LogP contribution in [0.3, 0.4) is 0 Å². The average molecular weight is 531 g/mol. The van der Waals surface area contributed by atoms with E-state index in [2.05, 4.69) is 40.7 Å². The lowest BCUT2D eigenvalue weighted by Gasteiger charge is -2.72. The molecule has 11 atom stereocenters. The largest absolute Gasteiger partial charge is 0.481 e. The van der Waals surface area contributed by atoms with E-state index < -0.39 is 34.7 Å². The van der Waals surface area contributed by atoms with E-state index in [9.17, 15) is 24.9 Å². The Morgan fingerprint density at radius 1 is 0.974 bits per heavy atom. The first-order valence-corrected chi connectivity index (χ1v) is 15.0. The van der Waals surface area contributed by atoms with Gasteiger partial charge < -0.3 is 20.1 Å². The SMILES string of the molecule is CC(=O)O[C@]1(O)C(O)C[C@@]2(C)C(CC[C@]3(C)[C@@H]2CC=C2[C@@H]4[C@@H](C)[C@H](C)CC[C@]4(C(=O)O)CC[C@]23C)C1(C)C. The Morgan fingerprint density at radius 2 is 1.63 bits per heavy atom. The second-order valence-electron chi connectivity index (χ2n) is 15.3. The molecule has 0 aromatic rings. The Labute approximate surface area is 228 Å². The standard InChI is InChI=1S/C32H50O6/c1-18-11-14-31(26(35)36)16-15-29(7)21(25(31)19(18)2)9-10-23-28(6)17-24(34)32(37,38-20(3)33)27(4,5)22(28)12-13-30(23,29)8/h9,18-19,22-25,34,37H,10-17H2,1-8H3,(H,35,36)/t18-,19+,22?,23-,24?,25+,28+,29-,30-,31+,32-/m1/s1. The molecule has 0 amide bonds. The number of fused-ring (bicyclic) bond motifs is 7. The Hall–Kier alpha value is -1.40. The number of carboxylic acids is 1. The predicted octanol–water partition coefficient (Wildman–Crippen LogP) is 5.95. The minimum absolute atomic E-state index is 0.0555. The van der Waals surface area contributed by atoms with Crippen LogP contribution in [0.2, 0.25) is 0 Å². The van der Waals surface area contributed by atoms with E-state index in [0.29, 0.717) is 18.3 Å². The average Bonchev–Trinajstić information content (AvgIpc) is 2.80. The number of allylic oxidation sites excluding steroid dienone is 2. The summed E-state index contributed by atoms with van der Waals surface area (Å²) in [5.41, 5.74) is -0.531. The number of carbonyl (C=O) groups is 2. The van der Waals surface area contributed by atoms with Gasteiger partial charge in [0.2, 0.25) is 5.79 Å². The molecule has 4 fully saturated rings. The summed E-state index contributed by atoms with van der Waals surface area (Å²) in [7, 11) is 0. The van der Waals surface area contributed by atoms with Gasteiger partial charge in [-0.05, 0) is 97.2 Å².